The van der Waals surface area contributed by atoms with E-state index in [1.807, 2.05) is 6.92 Å². The monoisotopic (exact) mass is 72.0 g/mol. The zero-order chi connectivity index (χ0) is 3.41. The molecule has 0 aliphatic heterocycles. The third kappa shape index (κ3) is 2.21. The first-order valence-electron chi connectivity index (χ1n) is 1.28. The molecule has 0 radical (unpaired) electrons. The molecule has 0 rings (SSSR count). The summed E-state index contributed by atoms with van der Waals surface area (Å²) >= 11 is 0. The van der Waals surface area contributed by atoms with E-state index in [1.54, 1.807) is 0 Å². The Balaban J connectivity index is 2.43. The Morgan fingerprint density at radius 3 is 2.25 bits per heavy atom. The van der Waals surface area contributed by atoms with Crippen LogP contribution in [-0.4, -0.2) is 0 Å². The van der Waals surface area contributed by atoms with E-state index in [0.717, 1.165) is 6.42 Å². The second-order valence-corrected chi connectivity index (χ2v) is 0.828. The molecule has 0 unspecified atom stereocenters. The average Bonchev–Trinajstić information content (AvgIpc) is 1.37. The van der Waals surface area contributed by atoms with Crippen LogP contribution in [-0.2, 0) is 0 Å². The first kappa shape index (κ1) is 4.21. The van der Waals surface area contributed by atoms with Crippen molar-refractivity contribution in [1.82, 2.24) is 0 Å². The Hall–Kier alpha value is 0.210. The predicted molar refractivity (Wildman–Crippen MR) is 21.1 cm³/mol. The summed E-state index contributed by atoms with van der Waals surface area (Å²) in [5.74, 6) is 0. The van der Waals surface area contributed by atoms with Gasteiger partial charge in [-0.05, 0) is 0 Å². The molecular weight excluding hydrogens is 67.0 g/mol. The van der Waals surface area contributed by atoms with Crippen molar-refractivity contribution in [2.24, 2.45) is 0 Å². The molecule has 4 heavy (non-hydrogen) atoms. The zero-order valence-electron chi connectivity index (χ0n) is 2.65. The van der Waals surface area contributed by atoms with E-state index in [4.69, 9.17) is 0 Å². The fourth-order valence-corrected chi connectivity index (χ4v) is 0. The van der Waals surface area contributed by atoms with Gasteiger partial charge >= 0.3 is 27.7 Å². The molecule has 0 spiro atoms. The van der Waals surface area contributed by atoms with Crippen LogP contribution in [0.25, 0.3) is 0 Å². The van der Waals surface area contributed by atoms with E-state index >= 15 is 0 Å². The quantitative estimate of drug-likeness (QED) is 0.382. The minimum absolute atomic E-state index is 0.934. The Labute approximate surface area is 28.7 Å². The molecular formula is C3H5P. The van der Waals surface area contributed by atoms with Crippen LogP contribution >= 0.6 is 8.70 Å². The Morgan fingerprint density at radius 1 is 2.00 bits per heavy atom. The average molecular weight is 72.0 g/mol. The summed E-state index contributed by atoms with van der Waals surface area (Å²) in [7, 11) is 3.67. The Morgan fingerprint density at radius 2 is 2.25 bits per heavy atom. The maximum atomic E-state index is 3.67. The molecule has 0 nitrogen and oxygen atoms in total. The van der Waals surface area contributed by atoms with Crippen molar-refractivity contribution in [3.05, 3.63) is 0 Å². The van der Waals surface area contributed by atoms with Crippen LogP contribution in [0.15, 0.2) is 0 Å². The molecule has 0 aliphatic rings. The van der Waals surface area contributed by atoms with Crippen LogP contribution in [0.3, 0.4) is 0 Å². The van der Waals surface area contributed by atoms with E-state index in [0.29, 0.717) is 0 Å². The van der Waals surface area contributed by atoms with Gasteiger partial charge in [0, 0.05) is 0 Å². The van der Waals surface area contributed by atoms with Crippen LogP contribution in [0.2, 0.25) is 0 Å². The molecule has 0 aromatic heterocycles. The number of hydrogen-bond acceptors (Lipinski definition) is 0. The standard InChI is InChI=1S/C3H5P/c1-2-3-4/h2H2,1H3. The molecule has 0 N–H and O–H groups in total. The normalized spacial score (nSPS) is 5.00. The van der Waals surface area contributed by atoms with Gasteiger partial charge in [-0.3, -0.25) is 0 Å². The summed E-state index contributed by atoms with van der Waals surface area (Å²) in [5.41, 5.74) is 2.62. The summed E-state index contributed by atoms with van der Waals surface area (Å²) in [6.45, 7) is 1.99. The zero-order valence-corrected chi connectivity index (χ0v) is 3.55. The SMILES string of the molecule is CCC#P. The summed E-state index contributed by atoms with van der Waals surface area (Å²) in [6, 6.07) is 0. The van der Waals surface area contributed by atoms with Gasteiger partial charge in [0.25, 0.3) is 0 Å². The van der Waals surface area contributed by atoms with E-state index < -0.39 is 0 Å². The second-order valence-electron chi connectivity index (χ2n) is 0.512. The van der Waals surface area contributed by atoms with E-state index in [9.17, 15) is 0 Å². The van der Waals surface area contributed by atoms with Crippen LogP contribution < -0.4 is 0 Å². The molecule has 0 aromatic carbocycles. The fraction of sp³-hybridized carbons (Fsp3) is 0.667. The summed E-state index contributed by atoms with van der Waals surface area (Å²) in [4.78, 5) is 0. The molecule has 0 atom stereocenters. The van der Waals surface area contributed by atoms with Crippen molar-refractivity contribution in [3.63, 3.8) is 0 Å². The van der Waals surface area contributed by atoms with Crippen LogP contribution in [0, 0.1) is 5.63 Å². The molecule has 1 heteroatoms. The predicted octanol–water partition coefficient (Wildman–Crippen LogP) is 1.77. The van der Waals surface area contributed by atoms with Crippen LogP contribution in [0.4, 0.5) is 0 Å². The fourth-order valence-electron chi connectivity index (χ4n) is 0. The number of hydrogen-bond donors (Lipinski definition) is 0. The molecule has 0 bridgehead atoms. The molecule has 0 saturated carbocycles. The molecule has 0 saturated heterocycles. The summed E-state index contributed by atoms with van der Waals surface area (Å²) < 4.78 is 0. The molecule has 22 valence electrons. The van der Waals surface area contributed by atoms with Gasteiger partial charge in [-0.2, -0.15) is 0 Å². The Bertz CT molecular complexity index is 33.0. The van der Waals surface area contributed by atoms with E-state index in [2.05, 4.69) is 14.3 Å². The molecule has 0 aliphatic carbocycles. The van der Waals surface area contributed by atoms with Crippen molar-refractivity contribution >= 4 is 8.70 Å². The van der Waals surface area contributed by atoms with Gasteiger partial charge in [-0.25, -0.2) is 0 Å². The van der Waals surface area contributed by atoms with Gasteiger partial charge in [0.15, 0.2) is 0 Å². The third-order valence-corrected chi connectivity index (χ3v) is 0.474. The molecule has 0 amide bonds. The van der Waals surface area contributed by atoms with E-state index in [-0.39, 0.29) is 0 Å². The van der Waals surface area contributed by atoms with Gasteiger partial charge < -0.3 is 0 Å². The third-order valence-electron chi connectivity index (χ3n) is 0.158. The van der Waals surface area contributed by atoms with E-state index in [1.165, 1.54) is 0 Å². The summed E-state index contributed by atoms with van der Waals surface area (Å²) in [5, 5.41) is 0. The summed E-state index contributed by atoms with van der Waals surface area (Å²) in [6.07, 6.45) is 0.934. The van der Waals surface area contributed by atoms with Gasteiger partial charge in [0.2, 0.25) is 0 Å². The van der Waals surface area contributed by atoms with Crippen LogP contribution in [0.5, 0.6) is 0 Å². The Kier molecular flexibility index (Phi) is 3.38. The van der Waals surface area contributed by atoms with Gasteiger partial charge in [-0.1, -0.05) is 0 Å². The first-order chi connectivity index (χ1) is 1.91. The van der Waals surface area contributed by atoms with Gasteiger partial charge in [-0.15, -0.1) is 0 Å². The van der Waals surface area contributed by atoms with Crippen molar-refractivity contribution in [2.75, 3.05) is 0 Å². The van der Waals surface area contributed by atoms with Crippen molar-refractivity contribution in [1.29, 1.82) is 0 Å². The topological polar surface area (TPSA) is 0 Å². The first-order valence-corrected chi connectivity index (χ1v) is 1.73. The van der Waals surface area contributed by atoms with Crippen molar-refractivity contribution in [3.8, 4) is 5.63 Å². The van der Waals surface area contributed by atoms with Crippen molar-refractivity contribution in [2.45, 2.75) is 13.3 Å². The molecule has 0 aromatic rings. The van der Waals surface area contributed by atoms with Gasteiger partial charge in [0.1, 0.15) is 0 Å². The van der Waals surface area contributed by atoms with Crippen molar-refractivity contribution < 1.29 is 0 Å². The number of rotatable bonds is 0. The minimum atomic E-state index is 0.934. The molecule has 0 fully saturated rings. The molecule has 0 heterocycles. The second kappa shape index (κ2) is 3.21. The van der Waals surface area contributed by atoms with Gasteiger partial charge in [0.05, 0.1) is 0 Å². The maximum absolute atomic E-state index is 3.67. The van der Waals surface area contributed by atoms with Crippen LogP contribution in [0.1, 0.15) is 13.3 Å².